The van der Waals surface area contributed by atoms with E-state index in [9.17, 15) is 4.79 Å². The van der Waals surface area contributed by atoms with Crippen molar-refractivity contribution in [2.75, 3.05) is 13.2 Å². The highest BCUT2D eigenvalue weighted by Gasteiger charge is 2.29. The van der Waals surface area contributed by atoms with Crippen molar-refractivity contribution in [3.05, 3.63) is 72.3 Å². The highest BCUT2D eigenvalue weighted by molar-refractivity contribution is 5.79. The van der Waals surface area contributed by atoms with Crippen molar-refractivity contribution in [3.8, 4) is 11.1 Å². The summed E-state index contributed by atoms with van der Waals surface area (Å²) in [4.78, 5) is 12.1. The van der Waals surface area contributed by atoms with Gasteiger partial charge in [0.25, 0.3) is 0 Å². The van der Waals surface area contributed by atoms with Gasteiger partial charge < -0.3 is 10.1 Å². The summed E-state index contributed by atoms with van der Waals surface area (Å²) in [5.74, 6) is 0.102. The van der Waals surface area contributed by atoms with Gasteiger partial charge >= 0.3 is 6.09 Å². The molecule has 0 radical (unpaired) electrons. The van der Waals surface area contributed by atoms with Gasteiger partial charge in [0.2, 0.25) is 0 Å². The molecule has 0 saturated heterocycles. The highest BCUT2D eigenvalue weighted by atomic mass is 16.5. The smallest absolute Gasteiger partial charge is 0.407 e. The van der Waals surface area contributed by atoms with Crippen LogP contribution in [0.5, 0.6) is 0 Å². The highest BCUT2D eigenvalue weighted by Crippen LogP contribution is 2.44. The van der Waals surface area contributed by atoms with Gasteiger partial charge in [-0.25, -0.2) is 4.79 Å². The first kappa shape index (κ1) is 18.2. The molecule has 1 amide bonds. The summed E-state index contributed by atoms with van der Waals surface area (Å²) in [5, 5.41) is 2.87. The minimum Gasteiger partial charge on any atom is -0.449 e. The van der Waals surface area contributed by atoms with E-state index in [-0.39, 0.29) is 17.4 Å². The number of amides is 1. The number of alkyl carbamates (subject to hydrolysis) is 1. The minimum atomic E-state index is -0.346. The first-order valence-corrected chi connectivity index (χ1v) is 9.21. The molecule has 1 aliphatic carbocycles. The van der Waals surface area contributed by atoms with Gasteiger partial charge in [0.05, 0.1) is 0 Å². The van der Waals surface area contributed by atoms with Gasteiger partial charge in [-0.3, -0.25) is 0 Å². The Bertz CT molecular complexity index is 749. The molecule has 0 bridgehead atoms. The van der Waals surface area contributed by atoms with E-state index in [0.717, 1.165) is 12.8 Å². The van der Waals surface area contributed by atoms with Crippen molar-refractivity contribution < 1.29 is 9.53 Å². The number of benzene rings is 2. The Hall–Kier alpha value is -2.55. The largest absolute Gasteiger partial charge is 0.449 e. The maximum absolute atomic E-state index is 12.1. The normalized spacial score (nSPS) is 13.0. The van der Waals surface area contributed by atoms with E-state index in [1.807, 2.05) is 18.2 Å². The summed E-state index contributed by atoms with van der Waals surface area (Å²) in [6, 6.07) is 16.7. The van der Waals surface area contributed by atoms with Crippen LogP contribution in [-0.4, -0.2) is 19.2 Å². The number of ether oxygens (including phenoxy) is 1. The maximum Gasteiger partial charge on any atom is 0.407 e. The van der Waals surface area contributed by atoms with E-state index in [4.69, 9.17) is 4.74 Å². The first-order chi connectivity index (χ1) is 12.5. The number of carbonyl (C=O) groups is 1. The summed E-state index contributed by atoms with van der Waals surface area (Å²) in [7, 11) is 0. The molecule has 0 heterocycles. The van der Waals surface area contributed by atoms with Crippen molar-refractivity contribution in [1.82, 2.24) is 5.32 Å². The second-order valence-corrected chi connectivity index (χ2v) is 7.66. The predicted octanol–water partition coefficient (Wildman–Crippen LogP) is 5.52. The number of allylic oxidation sites excluding steroid dienone is 1. The lowest BCUT2D eigenvalue weighted by Gasteiger charge is -2.22. The molecule has 0 fully saturated rings. The molecule has 2 aromatic rings. The van der Waals surface area contributed by atoms with Crippen molar-refractivity contribution in [1.29, 1.82) is 0 Å². The van der Waals surface area contributed by atoms with E-state index in [0.29, 0.717) is 13.2 Å². The summed E-state index contributed by atoms with van der Waals surface area (Å²) >= 11 is 0. The topological polar surface area (TPSA) is 38.3 Å². The minimum absolute atomic E-state index is 0.102. The van der Waals surface area contributed by atoms with Gasteiger partial charge in [-0.2, -0.15) is 0 Å². The van der Waals surface area contributed by atoms with Gasteiger partial charge in [0.1, 0.15) is 6.61 Å². The molecule has 3 rings (SSSR count). The maximum atomic E-state index is 12.1. The van der Waals surface area contributed by atoms with E-state index >= 15 is 0 Å². The van der Waals surface area contributed by atoms with E-state index in [1.54, 1.807) is 0 Å². The number of fused-ring (bicyclic) bond motifs is 3. The third-order valence-electron chi connectivity index (χ3n) is 5.11. The third-order valence-corrected chi connectivity index (χ3v) is 5.11. The van der Waals surface area contributed by atoms with Gasteiger partial charge in [-0.15, -0.1) is 6.58 Å². The number of carbonyl (C=O) groups excluding carboxylic acids is 1. The summed E-state index contributed by atoms with van der Waals surface area (Å²) < 4.78 is 5.54. The molecule has 136 valence electrons. The lowest BCUT2D eigenvalue weighted by atomic mass is 9.86. The van der Waals surface area contributed by atoms with Crippen LogP contribution in [0.1, 0.15) is 43.7 Å². The molecule has 0 atom stereocenters. The molecule has 1 aliphatic rings. The number of hydrogen-bond acceptors (Lipinski definition) is 2. The summed E-state index contributed by atoms with van der Waals surface area (Å²) in [6.07, 6.45) is 3.40. The molecule has 3 heteroatoms. The predicted molar refractivity (Wildman–Crippen MR) is 106 cm³/mol. The first-order valence-electron chi connectivity index (χ1n) is 9.21. The summed E-state index contributed by atoms with van der Waals surface area (Å²) in [5.41, 5.74) is 5.08. The van der Waals surface area contributed by atoms with Gasteiger partial charge in [0, 0.05) is 12.5 Å². The average Bonchev–Trinajstić information content (AvgIpc) is 2.94. The SMILES string of the molecule is C=CCC(C)(C)CCNC(=O)OCC1c2ccccc2-c2ccccc21. The zero-order chi connectivity index (χ0) is 18.6. The Kier molecular flexibility index (Phi) is 5.46. The Labute approximate surface area is 156 Å². The van der Waals surface area contributed by atoms with Gasteiger partial charge in [0.15, 0.2) is 0 Å². The molecular formula is C23H27NO2. The quantitative estimate of drug-likeness (QED) is 0.669. The average molecular weight is 349 g/mol. The zero-order valence-electron chi connectivity index (χ0n) is 15.6. The molecule has 1 N–H and O–H groups in total. The van der Waals surface area contributed by atoms with Gasteiger partial charge in [-0.1, -0.05) is 68.5 Å². The van der Waals surface area contributed by atoms with Crippen LogP contribution in [0.25, 0.3) is 11.1 Å². The summed E-state index contributed by atoms with van der Waals surface area (Å²) in [6.45, 7) is 9.10. The van der Waals surface area contributed by atoms with Crippen molar-refractivity contribution in [2.24, 2.45) is 5.41 Å². The second-order valence-electron chi connectivity index (χ2n) is 7.66. The van der Waals surface area contributed by atoms with Crippen molar-refractivity contribution in [2.45, 2.75) is 32.6 Å². The fourth-order valence-electron chi connectivity index (χ4n) is 3.65. The number of nitrogens with one attached hydrogen (secondary N) is 1. The molecule has 3 nitrogen and oxygen atoms in total. The molecule has 0 spiro atoms. The van der Waals surface area contributed by atoms with Crippen LogP contribution < -0.4 is 5.32 Å². The Balaban J connectivity index is 1.58. The van der Waals surface area contributed by atoms with Crippen LogP contribution >= 0.6 is 0 Å². The Morgan fingerprint density at radius 1 is 1.12 bits per heavy atom. The van der Waals surface area contributed by atoms with Crippen molar-refractivity contribution in [3.63, 3.8) is 0 Å². The zero-order valence-corrected chi connectivity index (χ0v) is 15.6. The standard InChI is InChI=1S/C23H27NO2/c1-4-13-23(2,3)14-15-24-22(25)26-16-21-19-11-7-5-9-17(19)18-10-6-8-12-20(18)21/h4-12,21H,1,13-16H2,2-3H3,(H,24,25). The van der Waals surface area contributed by atoms with Crippen LogP contribution in [0.15, 0.2) is 61.2 Å². The molecular weight excluding hydrogens is 322 g/mol. The van der Waals surface area contributed by atoms with E-state index in [2.05, 4.69) is 62.1 Å². The van der Waals surface area contributed by atoms with Crippen molar-refractivity contribution >= 4 is 6.09 Å². The lowest BCUT2D eigenvalue weighted by Crippen LogP contribution is -2.29. The van der Waals surface area contributed by atoms with E-state index in [1.165, 1.54) is 22.3 Å². The second kappa shape index (κ2) is 7.77. The molecule has 2 aromatic carbocycles. The number of rotatable bonds is 7. The van der Waals surface area contributed by atoms with Crippen LogP contribution in [0.4, 0.5) is 4.79 Å². The Morgan fingerprint density at radius 2 is 1.69 bits per heavy atom. The Morgan fingerprint density at radius 3 is 2.27 bits per heavy atom. The van der Waals surface area contributed by atoms with Gasteiger partial charge in [-0.05, 0) is 40.5 Å². The molecule has 0 unspecified atom stereocenters. The fraction of sp³-hybridized carbons (Fsp3) is 0.348. The fourth-order valence-corrected chi connectivity index (χ4v) is 3.65. The third kappa shape index (κ3) is 3.98. The number of hydrogen-bond donors (Lipinski definition) is 1. The lowest BCUT2D eigenvalue weighted by molar-refractivity contribution is 0.141. The molecule has 0 saturated carbocycles. The van der Waals surface area contributed by atoms with E-state index < -0.39 is 0 Å². The van der Waals surface area contributed by atoms with Crippen LogP contribution in [0.2, 0.25) is 0 Å². The van der Waals surface area contributed by atoms with Crippen LogP contribution in [0.3, 0.4) is 0 Å². The molecule has 26 heavy (non-hydrogen) atoms. The monoisotopic (exact) mass is 349 g/mol. The van der Waals surface area contributed by atoms with Crippen LogP contribution in [-0.2, 0) is 4.74 Å². The molecule has 0 aliphatic heterocycles. The molecule has 0 aromatic heterocycles. The van der Waals surface area contributed by atoms with Crippen LogP contribution in [0, 0.1) is 5.41 Å².